The first-order valence-corrected chi connectivity index (χ1v) is 12.9. The van der Waals surface area contributed by atoms with E-state index in [0.29, 0.717) is 17.7 Å². The zero-order valence-electron chi connectivity index (χ0n) is 21.1. The second kappa shape index (κ2) is 14.1. The van der Waals surface area contributed by atoms with Crippen LogP contribution in [-0.4, -0.2) is 56.9 Å². The molecule has 8 N–H and O–H groups in total. The van der Waals surface area contributed by atoms with Gasteiger partial charge in [0.1, 0.15) is 17.8 Å². The van der Waals surface area contributed by atoms with Crippen molar-refractivity contribution in [3.05, 3.63) is 89.5 Å². The molecule has 206 valence electrons. The fraction of sp³-hybridized carbons (Fsp3) is 0.250. The predicted molar refractivity (Wildman–Crippen MR) is 149 cm³/mol. The van der Waals surface area contributed by atoms with Crippen LogP contribution in [0.3, 0.4) is 0 Å². The Bertz CT molecular complexity index is 1270. The van der Waals surface area contributed by atoms with E-state index in [-0.39, 0.29) is 35.8 Å². The van der Waals surface area contributed by atoms with Crippen LogP contribution in [0, 0.1) is 0 Å². The van der Waals surface area contributed by atoms with Crippen molar-refractivity contribution in [1.29, 1.82) is 0 Å². The number of rotatable bonds is 13. The third kappa shape index (κ3) is 8.94. The van der Waals surface area contributed by atoms with Crippen LogP contribution in [0.1, 0.15) is 16.7 Å². The maximum Gasteiger partial charge on any atom is 0.243 e. The number of carbonyl (C=O) groups excluding carboxylic acids is 3. The fourth-order valence-electron chi connectivity index (χ4n) is 3.85. The van der Waals surface area contributed by atoms with Crippen molar-refractivity contribution in [3.8, 4) is 17.2 Å². The lowest BCUT2D eigenvalue weighted by molar-refractivity contribution is -0.131. The highest BCUT2D eigenvalue weighted by atomic mass is 32.1. The average Bonchev–Trinajstić information content (AvgIpc) is 2.92. The second-order valence-electron chi connectivity index (χ2n) is 9.02. The summed E-state index contributed by atoms with van der Waals surface area (Å²) < 4.78 is 0. The molecule has 3 atom stereocenters. The van der Waals surface area contributed by atoms with Crippen molar-refractivity contribution >= 4 is 30.4 Å². The van der Waals surface area contributed by atoms with Crippen LogP contribution in [0.4, 0.5) is 0 Å². The molecular weight excluding hydrogens is 520 g/mol. The van der Waals surface area contributed by atoms with Crippen molar-refractivity contribution in [2.75, 3.05) is 5.75 Å². The van der Waals surface area contributed by atoms with E-state index in [0.717, 1.165) is 5.56 Å². The molecule has 0 bridgehead atoms. The molecule has 0 spiro atoms. The summed E-state index contributed by atoms with van der Waals surface area (Å²) in [5, 5.41) is 37.5. The number of nitrogens with two attached hydrogens (primary N) is 1. The Hall–Kier alpha value is -4.22. The van der Waals surface area contributed by atoms with Crippen LogP contribution in [0.5, 0.6) is 17.2 Å². The molecule has 0 aliphatic rings. The van der Waals surface area contributed by atoms with Gasteiger partial charge in [-0.05, 0) is 41.0 Å². The maximum absolute atomic E-state index is 13.4. The lowest BCUT2D eigenvalue weighted by Gasteiger charge is -2.24. The minimum Gasteiger partial charge on any atom is -0.508 e. The monoisotopic (exact) mass is 552 g/mol. The Morgan fingerprint density at radius 2 is 1.31 bits per heavy atom. The topological polar surface area (TPSA) is 174 Å². The zero-order chi connectivity index (χ0) is 28.4. The van der Waals surface area contributed by atoms with Crippen molar-refractivity contribution < 1.29 is 29.7 Å². The van der Waals surface area contributed by atoms with Crippen LogP contribution in [-0.2, 0) is 33.8 Å². The van der Waals surface area contributed by atoms with Crippen LogP contribution >= 0.6 is 12.6 Å². The normalized spacial score (nSPS) is 13.2. The number of phenolic OH excluding ortho intramolecular Hbond substituents is 3. The summed E-state index contributed by atoms with van der Waals surface area (Å²) in [6, 6.07) is 16.7. The van der Waals surface area contributed by atoms with Gasteiger partial charge in [0.2, 0.25) is 17.7 Å². The predicted octanol–water partition coefficient (Wildman–Crippen LogP) is 1.13. The molecule has 0 saturated carbocycles. The number of aromatic hydroxyl groups is 3. The number of nitrogens with one attached hydrogen (secondary N) is 3. The van der Waals surface area contributed by atoms with E-state index in [1.807, 2.05) is 30.3 Å². The molecular formula is C28H32N4O6S. The molecule has 0 heterocycles. The SMILES string of the molecule is NC(=O)[C@H](Cc1ccc(O)cc1)NC(=O)[C@H](Cc1ccc(O)c(O)c1)NC(=O)[C@H](CS)NCc1ccccc1. The van der Waals surface area contributed by atoms with Crippen LogP contribution < -0.4 is 21.7 Å². The van der Waals surface area contributed by atoms with E-state index in [9.17, 15) is 29.7 Å². The largest absolute Gasteiger partial charge is 0.508 e. The number of carbonyl (C=O) groups is 3. The highest BCUT2D eigenvalue weighted by Gasteiger charge is 2.28. The Kier molecular flexibility index (Phi) is 10.6. The van der Waals surface area contributed by atoms with Gasteiger partial charge in [-0.25, -0.2) is 0 Å². The first-order chi connectivity index (χ1) is 18.7. The van der Waals surface area contributed by atoms with Gasteiger partial charge in [-0.2, -0.15) is 12.6 Å². The van der Waals surface area contributed by atoms with Crippen molar-refractivity contribution in [3.63, 3.8) is 0 Å². The molecule has 0 aromatic heterocycles. The maximum atomic E-state index is 13.4. The first-order valence-electron chi connectivity index (χ1n) is 12.2. The number of primary amides is 1. The van der Waals surface area contributed by atoms with Gasteiger partial charge in [0.15, 0.2) is 11.5 Å². The summed E-state index contributed by atoms with van der Waals surface area (Å²) in [5.41, 5.74) is 7.62. The third-order valence-electron chi connectivity index (χ3n) is 6.04. The molecule has 3 amide bonds. The Labute approximate surface area is 231 Å². The summed E-state index contributed by atoms with van der Waals surface area (Å²) in [6.07, 6.45) is 0.0218. The van der Waals surface area contributed by atoms with Crippen molar-refractivity contribution in [2.45, 2.75) is 37.5 Å². The summed E-state index contributed by atoms with van der Waals surface area (Å²) >= 11 is 4.28. The summed E-state index contributed by atoms with van der Waals surface area (Å²) in [4.78, 5) is 38.7. The van der Waals surface area contributed by atoms with Gasteiger partial charge in [-0.3, -0.25) is 14.4 Å². The molecule has 0 aliphatic carbocycles. The number of amides is 3. The van der Waals surface area contributed by atoms with Gasteiger partial charge in [-0.1, -0.05) is 48.5 Å². The molecule has 11 heteroatoms. The molecule has 39 heavy (non-hydrogen) atoms. The standard InChI is InChI=1S/C28H32N4O6S/c29-26(36)21(12-17-6-9-20(33)10-7-17)31-27(37)22(13-19-8-11-24(34)25(35)14-19)32-28(38)23(16-39)30-15-18-4-2-1-3-5-18/h1-11,14,21-23,30,33-35,39H,12-13,15-16H2,(H2,29,36)(H,31,37)(H,32,38)/t21-,22-,23-/m0/s1. The lowest BCUT2D eigenvalue weighted by Crippen LogP contribution is -2.57. The van der Waals surface area contributed by atoms with E-state index in [1.54, 1.807) is 12.1 Å². The van der Waals surface area contributed by atoms with Gasteiger partial charge >= 0.3 is 0 Å². The van der Waals surface area contributed by atoms with Gasteiger partial charge in [0.05, 0.1) is 6.04 Å². The molecule has 0 unspecified atom stereocenters. The summed E-state index contributed by atoms with van der Waals surface area (Å²) in [5.74, 6) is -2.43. The number of hydrogen-bond acceptors (Lipinski definition) is 8. The Morgan fingerprint density at radius 3 is 1.92 bits per heavy atom. The molecule has 0 saturated heterocycles. The van der Waals surface area contributed by atoms with Crippen LogP contribution in [0.25, 0.3) is 0 Å². The van der Waals surface area contributed by atoms with E-state index < -0.39 is 35.8 Å². The smallest absolute Gasteiger partial charge is 0.243 e. The van der Waals surface area contributed by atoms with Gasteiger partial charge in [-0.15, -0.1) is 0 Å². The minimum absolute atomic E-state index is 0.0475. The number of thiol groups is 1. The fourth-order valence-corrected chi connectivity index (χ4v) is 4.15. The zero-order valence-corrected chi connectivity index (χ0v) is 22.0. The molecule has 10 nitrogen and oxygen atoms in total. The molecule has 3 aromatic carbocycles. The third-order valence-corrected chi connectivity index (χ3v) is 6.41. The van der Waals surface area contributed by atoms with E-state index in [4.69, 9.17) is 5.73 Å². The first kappa shape index (κ1) is 29.3. The molecule has 0 aliphatic heterocycles. The number of phenols is 3. The Morgan fingerprint density at radius 1 is 0.718 bits per heavy atom. The van der Waals surface area contributed by atoms with Crippen LogP contribution in [0.15, 0.2) is 72.8 Å². The molecule has 0 fully saturated rings. The highest BCUT2D eigenvalue weighted by Crippen LogP contribution is 2.25. The van der Waals surface area contributed by atoms with E-state index >= 15 is 0 Å². The lowest BCUT2D eigenvalue weighted by atomic mass is 10.0. The second-order valence-corrected chi connectivity index (χ2v) is 9.39. The van der Waals surface area contributed by atoms with Gasteiger partial charge in [0, 0.05) is 25.1 Å². The Balaban J connectivity index is 1.77. The quantitative estimate of drug-likeness (QED) is 0.116. The minimum atomic E-state index is -1.15. The number of benzene rings is 3. The number of hydrogen-bond donors (Lipinski definition) is 8. The summed E-state index contributed by atoms with van der Waals surface area (Å²) in [7, 11) is 0. The summed E-state index contributed by atoms with van der Waals surface area (Å²) in [6.45, 7) is 0.401. The van der Waals surface area contributed by atoms with Gasteiger partial charge in [0.25, 0.3) is 0 Å². The van der Waals surface area contributed by atoms with Crippen molar-refractivity contribution in [1.82, 2.24) is 16.0 Å². The van der Waals surface area contributed by atoms with Crippen molar-refractivity contribution in [2.24, 2.45) is 5.73 Å². The molecule has 3 rings (SSSR count). The van der Waals surface area contributed by atoms with E-state index in [2.05, 4.69) is 28.6 Å². The molecule has 3 aromatic rings. The highest BCUT2D eigenvalue weighted by molar-refractivity contribution is 7.80. The van der Waals surface area contributed by atoms with Gasteiger partial charge < -0.3 is 37.0 Å². The average molecular weight is 553 g/mol. The van der Waals surface area contributed by atoms with E-state index in [1.165, 1.54) is 30.3 Å². The molecule has 0 radical (unpaired) electrons. The van der Waals surface area contributed by atoms with Crippen LogP contribution in [0.2, 0.25) is 0 Å².